The van der Waals surface area contributed by atoms with Crippen molar-refractivity contribution in [1.82, 2.24) is 0 Å². The lowest BCUT2D eigenvalue weighted by molar-refractivity contribution is -0.384. The summed E-state index contributed by atoms with van der Waals surface area (Å²) in [6.07, 6.45) is 0. The van der Waals surface area contributed by atoms with Crippen LogP contribution in [0.5, 0.6) is 5.75 Å². The minimum Gasteiger partial charge on any atom is -0.484 e. The van der Waals surface area contributed by atoms with E-state index in [1.54, 1.807) is 25.1 Å². The number of anilines is 1. The Morgan fingerprint density at radius 1 is 1.15 bits per heavy atom. The molecular formula is C25H26N2O6S. The highest BCUT2D eigenvalue weighted by atomic mass is 32.1. The first-order valence-electron chi connectivity index (χ1n) is 10.8. The predicted molar refractivity (Wildman–Crippen MR) is 132 cm³/mol. The summed E-state index contributed by atoms with van der Waals surface area (Å²) in [6.45, 7) is 7.59. The average Bonchev–Trinajstić information content (AvgIpc) is 3.13. The number of nitro benzene ring substituents is 1. The van der Waals surface area contributed by atoms with E-state index in [0.29, 0.717) is 27.8 Å². The van der Waals surface area contributed by atoms with Crippen LogP contribution in [-0.4, -0.2) is 30.0 Å². The van der Waals surface area contributed by atoms with Gasteiger partial charge in [-0.25, -0.2) is 4.79 Å². The number of ether oxygens (including phenoxy) is 2. The summed E-state index contributed by atoms with van der Waals surface area (Å²) >= 11 is 1.23. The molecule has 1 heterocycles. The number of amides is 1. The van der Waals surface area contributed by atoms with Gasteiger partial charge in [0.15, 0.2) is 6.61 Å². The van der Waals surface area contributed by atoms with Crippen molar-refractivity contribution in [1.29, 1.82) is 0 Å². The minimum absolute atomic E-state index is 0.0541. The second kappa shape index (κ2) is 10.9. The normalized spacial score (nSPS) is 10.7. The van der Waals surface area contributed by atoms with E-state index in [1.165, 1.54) is 23.5 Å². The van der Waals surface area contributed by atoms with Gasteiger partial charge in [0.2, 0.25) is 0 Å². The Hall–Kier alpha value is -3.72. The second-order valence-electron chi connectivity index (χ2n) is 7.83. The first kappa shape index (κ1) is 24.9. The maximum absolute atomic E-state index is 12.8. The van der Waals surface area contributed by atoms with Gasteiger partial charge in [0.05, 0.1) is 11.5 Å². The van der Waals surface area contributed by atoms with Gasteiger partial charge in [0, 0.05) is 22.6 Å². The zero-order valence-corrected chi connectivity index (χ0v) is 20.2. The molecule has 0 bridgehead atoms. The Kier molecular flexibility index (Phi) is 8.01. The summed E-state index contributed by atoms with van der Waals surface area (Å²) in [6, 6.07) is 13.4. The van der Waals surface area contributed by atoms with E-state index in [2.05, 4.69) is 19.2 Å². The lowest BCUT2D eigenvalue weighted by Gasteiger charge is -2.11. The number of rotatable bonds is 9. The molecule has 0 saturated carbocycles. The van der Waals surface area contributed by atoms with E-state index in [1.807, 2.05) is 25.1 Å². The van der Waals surface area contributed by atoms with Gasteiger partial charge in [-0.1, -0.05) is 26.0 Å². The predicted octanol–water partition coefficient (Wildman–Crippen LogP) is 5.95. The highest BCUT2D eigenvalue weighted by Crippen LogP contribution is 2.40. The van der Waals surface area contributed by atoms with Crippen LogP contribution in [-0.2, 0) is 9.53 Å². The third-order valence-corrected chi connectivity index (χ3v) is 6.10. The molecule has 2 aromatic carbocycles. The minimum atomic E-state index is -0.582. The number of hydrogen-bond acceptors (Lipinski definition) is 7. The Bertz CT molecular complexity index is 1200. The number of nitro groups is 1. The van der Waals surface area contributed by atoms with Crippen LogP contribution in [0.4, 0.5) is 10.7 Å². The molecule has 8 nitrogen and oxygen atoms in total. The van der Waals surface area contributed by atoms with Crippen molar-refractivity contribution >= 4 is 33.9 Å². The van der Waals surface area contributed by atoms with Crippen LogP contribution in [0.25, 0.3) is 11.1 Å². The summed E-state index contributed by atoms with van der Waals surface area (Å²) in [5.74, 6) is -0.0876. The molecule has 0 radical (unpaired) electrons. The number of thiophene rings is 1. The Labute approximate surface area is 201 Å². The quantitative estimate of drug-likeness (QED) is 0.229. The van der Waals surface area contributed by atoms with Gasteiger partial charge < -0.3 is 14.8 Å². The first-order valence-corrected chi connectivity index (χ1v) is 11.6. The zero-order chi connectivity index (χ0) is 24.8. The number of hydrogen-bond donors (Lipinski definition) is 1. The number of esters is 1. The molecule has 0 saturated heterocycles. The fraction of sp³-hybridized carbons (Fsp3) is 0.280. The van der Waals surface area contributed by atoms with E-state index in [-0.39, 0.29) is 24.5 Å². The number of benzene rings is 2. The topological polar surface area (TPSA) is 108 Å². The Morgan fingerprint density at radius 3 is 2.47 bits per heavy atom. The third kappa shape index (κ3) is 5.79. The molecule has 0 aliphatic carbocycles. The third-order valence-electron chi connectivity index (χ3n) is 5.08. The number of aryl methyl sites for hydroxylation is 1. The first-order chi connectivity index (χ1) is 16.2. The molecule has 0 fully saturated rings. The molecule has 3 rings (SSSR count). The van der Waals surface area contributed by atoms with Crippen LogP contribution in [0.15, 0.2) is 48.5 Å². The standard InChI is InChI=1S/C25H26N2O6S/c1-5-32-25(29)23-22(17-9-11-19(12-10-17)27(30)31)16(4)34-24(23)26-21(28)14-33-20-8-6-7-18(13-20)15(2)3/h6-13,15H,5,14H2,1-4H3,(H,26,28). The zero-order valence-electron chi connectivity index (χ0n) is 19.4. The van der Waals surface area contributed by atoms with Crippen LogP contribution in [0.3, 0.4) is 0 Å². The van der Waals surface area contributed by atoms with E-state index >= 15 is 0 Å². The molecule has 0 aliphatic rings. The van der Waals surface area contributed by atoms with Gasteiger partial charge in [-0.05, 0) is 55.2 Å². The number of carbonyl (C=O) groups excluding carboxylic acids is 2. The Morgan fingerprint density at radius 2 is 1.85 bits per heavy atom. The molecule has 3 aromatic rings. The smallest absolute Gasteiger partial charge is 0.341 e. The summed E-state index contributed by atoms with van der Waals surface area (Å²) in [5.41, 5.74) is 2.45. The lowest BCUT2D eigenvalue weighted by atomic mass is 10.0. The van der Waals surface area contributed by atoms with Crippen LogP contribution >= 0.6 is 11.3 Å². The summed E-state index contributed by atoms with van der Waals surface area (Å²) in [5, 5.41) is 14.1. The molecule has 0 unspecified atom stereocenters. The number of non-ortho nitro benzene ring substituents is 1. The largest absolute Gasteiger partial charge is 0.484 e. The number of nitrogens with zero attached hydrogens (tertiary/aromatic N) is 1. The Balaban J connectivity index is 1.85. The molecule has 0 aliphatic heterocycles. The average molecular weight is 483 g/mol. The second-order valence-corrected chi connectivity index (χ2v) is 9.05. The fourth-order valence-corrected chi connectivity index (χ4v) is 4.48. The maximum atomic E-state index is 12.8. The van der Waals surface area contributed by atoms with Crippen molar-refractivity contribution in [3.05, 3.63) is 74.6 Å². The molecule has 0 spiro atoms. The van der Waals surface area contributed by atoms with Crippen molar-refractivity contribution in [2.24, 2.45) is 0 Å². The molecule has 1 aromatic heterocycles. The van der Waals surface area contributed by atoms with Crippen molar-refractivity contribution in [2.45, 2.75) is 33.6 Å². The van der Waals surface area contributed by atoms with Gasteiger partial charge in [0.1, 0.15) is 16.3 Å². The number of nitrogens with one attached hydrogen (secondary N) is 1. The van der Waals surface area contributed by atoms with Gasteiger partial charge in [-0.15, -0.1) is 11.3 Å². The van der Waals surface area contributed by atoms with E-state index in [9.17, 15) is 19.7 Å². The SMILES string of the molecule is CCOC(=O)c1c(NC(=O)COc2cccc(C(C)C)c2)sc(C)c1-c1ccc([N+](=O)[O-])cc1. The lowest BCUT2D eigenvalue weighted by Crippen LogP contribution is -2.21. The van der Waals surface area contributed by atoms with Crippen molar-refractivity contribution in [3.8, 4) is 16.9 Å². The van der Waals surface area contributed by atoms with Gasteiger partial charge >= 0.3 is 5.97 Å². The van der Waals surface area contributed by atoms with Crippen molar-refractivity contribution in [2.75, 3.05) is 18.5 Å². The highest BCUT2D eigenvalue weighted by Gasteiger charge is 2.26. The highest BCUT2D eigenvalue weighted by molar-refractivity contribution is 7.17. The molecule has 0 atom stereocenters. The molecule has 1 amide bonds. The van der Waals surface area contributed by atoms with E-state index < -0.39 is 16.8 Å². The molecular weight excluding hydrogens is 456 g/mol. The summed E-state index contributed by atoms with van der Waals surface area (Å²) in [4.78, 5) is 36.7. The summed E-state index contributed by atoms with van der Waals surface area (Å²) in [7, 11) is 0. The van der Waals surface area contributed by atoms with Crippen molar-refractivity contribution in [3.63, 3.8) is 0 Å². The van der Waals surface area contributed by atoms with E-state index in [4.69, 9.17) is 9.47 Å². The number of carbonyl (C=O) groups is 2. The van der Waals surface area contributed by atoms with Crippen molar-refractivity contribution < 1.29 is 24.0 Å². The fourth-order valence-electron chi connectivity index (χ4n) is 3.40. The van der Waals surface area contributed by atoms with Gasteiger partial charge in [0.25, 0.3) is 11.6 Å². The van der Waals surface area contributed by atoms with Crippen LogP contribution in [0.1, 0.15) is 47.5 Å². The van der Waals surface area contributed by atoms with Crippen LogP contribution in [0, 0.1) is 17.0 Å². The molecule has 178 valence electrons. The van der Waals surface area contributed by atoms with Gasteiger partial charge in [-0.2, -0.15) is 0 Å². The molecule has 1 N–H and O–H groups in total. The molecule has 9 heteroatoms. The van der Waals surface area contributed by atoms with Gasteiger partial charge in [-0.3, -0.25) is 14.9 Å². The van der Waals surface area contributed by atoms with Crippen LogP contribution < -0.4 is 10.1 Å². The van der Waals surface area contributed by atoms with Crippen LogP contribution in [0.2, 0.25) is 0 Å². The monoisotopic (exact) mass is 482 g/mol. The summed E-state index contributed by atoms with van der Waals surface area (Å²) < 4.78 is 10.9. The maximum Gasteiger partial charge on any atom is 0.341 e. The van der Waals surface area contributed by atoms with E-state index in [0.717, 1.165) is 10.4 Å². The molecule has 34 heavy (non-hydrogen) atoms.